The molecule has 0 fully saturated rings. The maximum atomic E-state index is 12.1. The number of nitrogens with one attached hydrogen (secondary N) is 1. The van der Waals surface area contributed by atoms with Crippen molar-refractivity contribution in [2.75, 3.05) is 12.3 Å². The second kappa shape index (κ2) is 6.72. The molecule has 0 spiro atoms. The molecule has 0 unspecified atom stereocenters. The Labute approximate surface area is 128 Å². The van der Waals surface area contributed by atoms with Crippen LogP contribution in [-0.4, -0.2) is 17.4 Å². The maximum Gasteiger partial charge on any atom is 0.254 e. The Bertz CT molecular complexity index is 570. The van der Waals surface area contributed by atoms with Crippen molar-refractivity contribution in [3.05, 3.63) is 46.4 Å². The van der Waals surface area contributed by atoms with Crippen LogP contribution in [0.3, 0.4) is 0 Å². The van der Waals surface area contributed by atoms with Gasteiger partial charge in [0.25, 0.3) is 5.91 Å². The first-order valence-corrected chi connectivity index (χ1v) is 6.90. The Hall–Kier alpha value is -1.59. The molecule has 2 aromatic heterocycles. The Morgan fingerprint density at radius 3 is 2.80 bits per heavy atom. The molecule has 4 nitrogen and oxygen atoms in total. The van der Waals surface area contributed by atoms with Crippen molar-refractivity contribution in [3.8, 4) is 0 Å². The van der Waals surface area contributed by atoms with Crippen LogP contribution >= 0.6 is 23.7 Å². The van der Waals surface area contributed by atoms with Gasteiger partial charge in [-0.3, -0.25) is 9.78 Å². The van der Waals surface area contributed by atoms with Crippen LogP contribution in [0.1, 0.15) is 29.1 Å². The van der Waals surface area contributed by atoms with Crippen LogP contribution in [0.5, 0.6) is 0 Å². The summed E-state index contributed by atoms with van der Waals surface area (Å²) in [5.74, 6) is -0.185. The Morgan fingerprint density at radius 2 is 2.20 bits per heavy atom. The Kier molecular flexibility index (Phi) is 5.53. The van der Waals surface area contributed by atoms with E-state index in [0.29, 0.717) is 17.8 Å². The molecular weight excluding hydrogens is 294 g/mol. The van der Waals surface area contributed by atoms with E-state index in [1.807, 2.05) is 11.4 Å². The van der Waals surface area contributed by atoms with Gasteiger partial charge in [0.05, 0.1) is 5.56 Å². The summed E-state index contributed by atoms with van der Waals surface area (Å²) >= 11 is 1.69. The number of anilines is 1. The molecular formula is C14H18ClN3OS. The quantitative estimate of drug-likeness (QED) is 0.912. The fraction of sp³-hybridized carbons (Fsp3) is 0.286. The predicted molar refractivity (Wildman–Crippen MR) is 85.6 cm³/mol. The lowest BCUT2D eigenvalue weighted by molar-refractivity contribution is 0.0946. The first kappa shape index (κ1) is 16.5. The number of carbonyl (C=O) groups excluding carboxylic acids is 1. The van der Waals surface area contributed by atoms with Crippen molar-refractivity contribution in [3.63, 3.8) is 0 Å². The second-order valence-electron chi connectivity index (χ2n) is 5.01. The molecule has 20 heavy (non-hydrogen) atoms. The zero-order valence-corrected chi connectivity index (χ0v) is 13.1. The summed E-state index contributed by atoms with van der Waals surface area (Å²) in [6.45, 7) is 4.76. The highest BCUT2D eigenvalue weighted by atomic mass is 35.5. The van der Waals surface area contributed by atoms with E-state index in [4.69, 9.17) is 5.73 Å². The number of carbonyl (C=O) groups is 1. The summed E-state index contributed by atoms with van der Waals surface area (Å²) in [4.78, 5) is 17.2. The number of aromatic nitrogens is 1. The summed E-state index contributed by atoms with van der Waals surface area (Å²) in [7, 11) is 0. The number of pyridine rings is 1. The lowest BCUT2D eigenvalue weighted by Crippen LogP contribution is -2.36. The molecule has 108 valence electrons. The normalized spacial score (nSPS) is 10.7. The van der Waals surface area contributed by atoms with Gasteiger partial charge in [0.15, 0.2) is 0 Å². The largest absolute Gasteiger partial charge is 0.398 e. The number of thiophene rings is 1. The standard InChI is InChI=1S/C14H17N3OS.ClH/c1-14(2,12-4-3-7-19-12)9-17-13(18)10-8-16-6-5-11(10)15;/h3-8H,9H2,1-2H3,(H2,15,16)(H,17,18);1H. The highest BCUT2D eigenvalue weighted by molar-refractivity contribution is 7.10. The minimum Gasteiger partial charge on any atom is -0.398 e. The fourth-order valence-corrected chi connectivity index (χ4v) is 2.59. The van der Waals surface area contributed by atoms with E-state index in [-0.39, 0.29) is 23.7 Å². The fourth-order valence-electron chi connectivity index (χ4n) is 1.74. The van der Waals surface area contributed by atoms with Crippen molar-refractivity contribution in [2.24, 2.45) is 0 Å². The summed E-state index contributed by atoms with van der Waals surface area (Å²) in [6.07, 6.45) is 3.06. The Balaban J connectivity index is 0.00000200. The summed E-state index contributed by atoms with van der Waals surface area (Å²) < 4.78 is 0. The lowest BCUT2D eigenvalue weighted by atomic mass is 9.91. The van der Waals surface area contributed by atoms with Gasteiger partial charge in [0, 0.05) is 34.9 Å². The van der Waals surface area contributed by atoms with E-state index in [0.717, 1.165) is 0 Å². The summed E-state index contributed by atoms with van der Waals surface area (Å²) in [6, 6.07) is 5.72. The van der Waals surface area contributed by atoms with Crippen LogP contribution in [0.4, 0.5) is 5.69 Å². The smallest absolute Gasteiger partial charge is 0.254 e. The molecule has 0 radical (unpaired) electrons. The topological polar surface area (TPSA) is 68.0 Å². The summed E-state index contributed by atoms with van der Waals surface area (Å²) in [5, 5.41) is 4.96. The molecule has 2 heterocycles. The van der Waals surface area contributed by atoms with E-state index in [1.54, 1.807) is 23.6 Å². The van der Waals surface area contributed by atoms with Gasteiger partial charge in [-0.05, 0) is 17.5 Å². The molecule has 0 bridgehead atoms. The van der Waals surface area contributed by atoms with Crippen LogP contribution in [0.15, 0.2) is 36.0 Å². The van der Waals surface area contributed by atoms with Crippen LogP contribution in [0.2, 0.25) is 0 Å². The number of nitrogens with two attached hydrogens (primary N) is 1. The molecule has 0 aliphatic rings. The third-order valence-electron chi connectivity index (χ3n) is 2.98. The zero-order valence-electron chi connectivity index (χ0n) is 11.4. The number of hydrogen-bond donors (Lipinski definition) is 2. The molecule has 0 aromatic carbocycles. The number of halogens is 1. The maximum absolute atomic E-state index is 12.1. The van der Waals surface area contributed by atoms with E-state index in [2.05, 4.69) is 30.2 Å². The number of nitrogen functional groups attached to an aromatic ring is 1. The number of hydrogen-bond acceptors (Lipinski definition) is 4. The highest BCUT2D eigenvalue weighted by Gasteiger charge is 2.23. The van der Waals surface area contributed by atoms with Gasteiger partial charge in [-0.15, -0.1) is 23.7 Å². The third kappa shape index (κ3) is 3.71. The van der Waals surface area contributed by atoms with Crippen LogP contribution in [-0.2, 0) is 5.41 Å². The van der Waals surface area contributed by atoms with Crippen molar-refractivity contribution in [1.82, 2.24) is 10.3 Å². The minimum atomic E-state index is -0.185. The van der Waals surface area contributed by atoms with Gasteiger partial charge < -0.3 is 11.1 Å². The average Bonchev–Trinajstić information content (AvgIpc) is 2.91. The van der Waals surface area contributed by atoms with Crippen molar-refractivity contribution < 1.29 is 4.79 Å². The molecule has 3 N–H and O–H groups in total. The van der Waals surface area contributed by atoms with Crippen LogP contribution in [0.25, 0.3) is 0 Å². The van der Waals surface area contributed by atoms with E-state index >= 15 is 0 Å². The number of nitrogens with zero attached hydrogens (tertiary/aromatic N) is 1. The van der Waals surface area contributed by atoms with Crippen LogP contribution < -0.4 is 11.1 Å². The molecule has 1 amide bonds. The van der Waals surface area contributed by atoms with Gasteiger partial charge in [-0.25, -0.2) is 0 Å². The predicted octanol–water partition coefficient (Wildman–Crippen LogP) is 2.85. The second-order valence-corrected chi connectivity index (χ2v) is 5.95. The van der Waals surface area contributed by atoms with E-state index < -0.39 is 0 Å². The number of amides is 1. The monoisotopic (exact) mass is 311 g/mol. The third-order valence-corrected chi connectivity index (χ3v) is 4.21. The first-order chi connectivity index (χ1) is 9.00. The zero-order chi connectivity index (χ0) is 13.9. The lowest BCUT2D eigenvalue weighted by Gasteiger charge is -2.23. The highest BCUT2D eigenvalue weighted by Crippen LogP contribution is 2.26. The molecule has 6 heteroatoms. The van der Waals surface area contributed by atoms with Gasteiger partial charge in [-0.2, -0.15) is 0 Å². The SMILES string of the molecule is CC(C)(CNC(=O)c1cnccc1N)c1cccs1.Cl. The summed E-state index contributed by atoms with van der Waals surface area (Å²) in [5.41, 5.74) is 6.53. The van der Waals surface area contributed by atoms with Gasteiger partial charge in [0.1, 0.15) is 0 Å². The van der Waals surface area contributed by atoms with Crippen LogP contribution in [0, 0.1) is 0 Å². The number of rotatable bonds is 4. The van der Waals surface area contributed by atoms with E-state index in [1.165, 1.54) is 11.1 Å². The molecule has 2 aromatic rings. The van der Waals surface area contributed by atoms with E-state index in [9.17, 15) is 4.79 Å². The van der Waals surface area contributed by atoms with Crippen molar-refractivity contribution in [1.29, 1.82) is 0 Å². The van der Waals surface area contributed by atoms with Gasteiger partial charge >= 0.3 is 0 Å². The van der Waals surface area contributed by atoms with Crippen molar-refractivity contribution >= 4 is 35.3 Å². The van der Waals surface area contributed by atoms with Crippen molar-refractivity contribution in [2.45, 2.75) is 19.3 Å². The molecule has 0 atom stereocenters. The van der Waals surface area contributed by atoms with Gasteiger partial charge in [0.2, 0.25) is 0 Å². The molecule has 2 rings (SSSR count). The van der Waals surface area contributed by atoms with Gasteiger partial charge in [-0.1, -0.05) is 19.9 Å². The first-order valence-electron chi connectivity index (χ1n) is 6.02. The minimum absolute atomic E-state index is 0. The Morgan fingerprint density at radius 1 is 1.45 bits per heavy atom. The molecule has 0 saturated carbocycles. The molecule has 0 aliphatic carbocycles. The molecule has 0 aliphatic heterocycles. The average molecular weight is 312 g/mol. The molecule has 0 saturated heterocycles.